The maximum atomic E-state index is 13.5. The van der Waals surface area contributed by atoms with Crippen LogP contribution < -0.4 is 4.72 Å². The summed E-state index contributed by atoms with van der Waals surface area (Å²) in [5.41, 5.74) is 0.170. The lowest BCUT2D eigenvalue weighted by Crippen LogP contribution is -2.58. The summed E-state index contributed by atoms with van der Waals surface area (Å²) in [4.78, 5) is 15.3. The number of amides is 1. The molecule has 1 heterocycles. The molecule has 172 valence electrons. The van der Waals surface area contributed by atoms with Gasteiger partial charge in [0, 0.05) is 24.0 Å². The largest absolute Gasteiger partial charge is 0.389 e. The summed E-state index contributed by atoms with van der Waals surface area (Å²) in [5.74, 6) is -0.210. The van der Waals surface area contributed by atoms with Crippen molar-refractivity contribution in [3.05, 3.63) is 65.2 Å². The average molecular weight is 477 g/mol. The lowest BCUT2D eigenvalue weighted by Gasteiger charge is -2.48. The minimum absolute atomic E-state index is 0.0409. The molecule has 6 nitrogen and oxygen atoms in total. The molecule has 0 aromatic heterocycles. The number of nitrogens with one attached hydrogen (secondary N) is 1. The number of hydrogen-bond donors (Lipinski definition) is 2. The first-order valence-electron chi connectivity index (χ1n) is 11.1. The van der Waals surface area contributed by atoms with Crippen LogP contribution in [0.25, 0.3) is 0 Å². The van der Waals surface area contributed by atoms with E-state index < -0.39 is 21.7 Å². The van der Waals surface area contributed by atoms with Crippen molar-refractivity contribution in [2.75, 3.05) is 13.1 Å². The van der Waals surface area contributed by atoms with Crippen molar-refractivity contribution in [3.8, 4) is 0 Å². The number of aliphatic hydroxyl groups is 1. The molecule has 0 unspecified atom stereocenters. The van der Waals surface area contributed by atoms with Crippen molar-refractivity contribution in [2.24, 2.45) is 5.92 Å². The Morgan fingerprint density at radius 3 is 2.56 bits per heavy atom. The number of hydrogen-bond acceptors (Lipinski definition) is 4. The number of rotatable bonds is 6. The third-order valence-corrected chi connectivity index (χ3v) is 8.48. The van der Waals surface area contributed by atoms with E-state index in [4.69, 9.17) is 11.6 Å². The number of piperidine rings is 1. The number of fused-ring (bicyclic) bond motifs is 1. The van der Waals surface area contributed by atoms with Gasteiger partial charge in [-0.1, -0.05) is 54.8 Å². The highest BCUT2D eigenvalue weighted by molar-refractivity contribution is 7.89. The molecule has 32 heavy (non-hydrogen) atoms. The van der Waals surface area contributed by atoms with Crippen LogP contribution in [-0.2, 0) is 21.2 Å². The summed E-state index contributed by atoms with van der Waals surface area (Å²) in [6.07, 6.45) is 4.50. The Hall–Kier alpha value is -1.93. The fourth-order valence-electron chi connectivity index (χ4n) is 4.89. The molecule has 1 amide bonds. The quantitative estimate of drug-likeness (QED) is 0.669. The van der Waals surface area contributed by atoms with Gasteiger partial charge in [0.1, 0.15) is 6.04 Å². The summed E-state index contributed by atoms with van der Waals surface area (Å²) in [6.45, 7) is 0.892. The standard InChI is InChI=1S/C24H29ClN2O4S/c25-20-9-11-21(12-10-20)32(30,31)26-22(16-18-6-2-1-3-7-18)23(28)27-15-14-24(29)13-5-4-8-19(24)17-27/h1-3,6-7,9-12,19,22,26,29H,4-5,8,13-17H2/t19-,22+,24+/m1/s1. The second-order valence-electron chi connectivity index (χ2n) is 8.90. The summed E-state index contributed by atoms with van der Waals surface area (Å²) in [5, 5.41) is 11.4. The first kappa shape index (κ1) is 23.2. The average Bonchev–Trinajstić information content (AvgIpc) is 2.78. The van der Waals surface area contributed by atoms with E-state index in [0.29, 0.717) is 24.5 Å². The molecule has 0 bridgehead atoms. The zero-order chi connectivity index (χ0) is 22.8. The zero-order valence-corrected chi connectivity index (χ0v) is 19.5. The zero-order valence-electron chi connectivity index (χ0n) is 17.9. The lowest BCUT2D eigenvalue weighted by atomic mass is 9.71. The van der Waals surface area contributed by atoms with Crippen molar-refractivity contribution in [1.82, 2.24) is 9.62 Å². The molecule has 2 aliphatic rings. The van der Waals surface area contributed by atoms with Gasteiger partial charge in [-0.15, -0.1) is 0 Å². The van der Waals surface area contributed by atoms with Gasteiger partial charge < -0.3 is 10.0 Å². The highest BCUT2D eigenvalue weighted by Gasteiger charge is 2.44. The highest BCUT2D eigenvalue weighted by atomic mass is 35.5. The molecule has 4 rings (SSSR count). The normalized spacial score (nSPS) is 24.6. The van der Waals surface area contributed by atoms with Gasteiger partial charge in [0.05, 0.1) is 10.5 Å². The number of nitrogens with zero attached hydrogens (tertiary/aromatic N) is 1. The Balaban J connectivity index is 1.56. The van der Waals surface area contributed by atoms with Gasteiger partial charge in [-0.05, 0) is 55.5 Å². The second-order valence-corrected chi connectivity index (χ2v) is 11.0. The van der Waals surface area contributed by atoms with E-state index in [9.17, 15) is 18.3 Å². The summed E-state index contributed by atoms with van der Waals surface area (Å²) < 4.78 is 28.7. The molecule has 1 saturated heterocycles. The van der Waals surface area contributed by atoms with E-state index in [-0.39, 0.29) is 23.1 Å². The Labute approximate surface area is 194 Å². The Bertz CT molecular complexity index is 1050. The third-order valence-electron chi connectivity index (χ3n) is 6.74. The fourth-order valence-corrected chi connectivity index (χ4v) is 6.20. The Kier molecular flexibility index (Phi) is 6.91. The van der Waals surface area contributed by atoms with Crippen LogP contribution in [-0.4, -0.2) is 49.1 Å². The molecule has 1 saturated carbocycles. The van der Waals surface area contributed by atoms with E-state index in [0.717, 1.165) is 31.2 Å². The number of carbonyl (C=O) groups is 1. The van der Waals surface area contributed by atoms with Crippen LogP contribution in [0.3, 0.4) is 0 Å². The summed E-state index contributed by atoms with van der Waals surface area (Å²) in [6, 6.07) is 14.3. The van der Waals surface area contributed by atoms with Crippen LogP contribution in [0.5, 0.6) is 0 Å². The highest BCUT2D eigenvalue weighted by Crippen LogP contribution is 2.40. The molecule has 2 aromatic carbocycles. The SMILES string of the molecule is O=C([C@H](Cc1ccccc1)NS(=O)(=O)c1ccc(Cl)cc1)N1CC[C@@]2(O)CCCC[C@@H]2C1. The summed E-state index contributed by atoms with van der Waals surface area (Å²) in [7, 11) is -3.92. The number of benzene rings is 2. The molecule has 0 spiro atoms. The van der Waals surface area contributed by atoms with Gasteiger partial charge in [-0.3, -0.25) is 4.79 Å². The van der Waals surface area contributed by atoms with E-state index in [1.165, 1.54) is 24.3 Å². The van der Waals surface area contributed by atoms with Crippen molar-refractivity contribution in [3.63, 3.8) is 0 Å². The van der Waals surface area contributed by atoms with Gasteiger partial charge in [-0.2, -0.15) is 4.72 Å². The fraction of sp³-hybridized carbons (Fsp3) is 0.458. The number of carbonyl (C=O) groups excluding carboxylic acids is 1. The first-order valence-corrected chi connectivity index (χ1v) is 13.0. The molecule has 1 aliphatic carbocycles. The molecule has 0 radical (unpaired) electrons. The van der Waals surface area contributed by atoms with Gasteiger partial charge in [-0.25, -0.2) is 8.42 Å². The maximum Gasteiger partial charge on any atom is 0.241 e. The van der Waals surface area contributed by atoms with Crippen LogP contribution in [0.15, 0.2) is 59.5 Å². The molecule has 2 N–H and O–H groups in total. The first-order chi connectivity index (χ1) is 15.3. The van der Waals surface area contributed by atoms with Crippen molar-refractivity contribution >= 4 is 27.5 Å². The molecule has 1 aliphatic heterocycles. The monoisotopic (exact) mass is 476 g/mol. The number of sulfonamides is 1. The molecule has 2 aromatic rings. The smallest absolute Gasteiger partial charge is 0.241 e. The van der Waals surface area contributed by atoms with Gasteiger partial charge >= 0.3 is 0 Å². The van der Waals surface area contributed by atoms with Crippen LogP contribution in [0.1, 0.15) is 37.7 Å². The van der Waals surface area contributed by atoms with Crippen LogP contribution in [0.2, 0.25) is 5.02 Å². The topological polar surface area (TPSA) is 86.7 Å². The van der Waals surface area contributed by atoms with Crippen molar-refractivity contribution in [1.29, 1.82) is 0 Å². The predicted molar refractivity (Wildman–Crippen MR) is 124 cm³/mol. The van der Waals surface area contributed by atoms with E-state index >= 15 is 0 Å². The van der Waals surface area contributed by atoms with Gasteiger partial charge in [0.25, 0.3) is 0 Å². The van der Waals surface area contributed by atoms with Crippen molar-refractivity contribution < 1.29 is 18.3 Å². The van der Waals surface area contributed by atoms with Gasteiger partial charge in [0.2, 0.25) is 15.9 Å². The molecular weight excluding hydrogens is 448 g/mol. The minimum Gasteiger partial charge on any atom is -0.389 e. The van der Waals surface area contributed by atoms with Gasteiger partial charge in [0.15, 0.2) is 0 Å². The Morgan fingerprint density at radius 1 is 1.12 bits per heavy atom. The van der Waals surface area contributed by atoms with E-state index in [2.05, 4.69) is 4.72 Å². The lowest BCUT2D eigenvalue weighted by molar-refractivity contribution is -0.145. The maximum absolute atomic E-state index is 13.5. The molecular formula is C24H29ClN2O4S. The molecule has 8 heteroatoms. The number of halogens is 1. The van der Waals surface area contributed by atoms with E-state index in [1.54, 1.807) is 4.90 Å². The Morgan fingerprint density at radius 2 is 1.84 bits per heavy atom. The van der Waals surface area contributed by atoms with Crippen LogP contribution >= 0.6 is 11.6 Å². The minimum atomic E-state index is -3.92. The van der Waals surface area contributed by atoms with Crippen LogP contribution in [0.4, 0.5) is 0 Å². The molecule has 3 atom stereocenters. The number of likely N-dealkylation sites (tertiary alicyclic amines) is 1. The van der Waals surface area contributed by atoms with E-state index in [1.807, 2.05) is 30.3 Å². The predicted octanol–water partition coefficient (Wildman–Crippen LogP) is 3.38. The third kappa shape index (κ3) is 5.17. The van der Waals surface area contributed by atoms with Crippen LogP contribution in [0, 0.1) is 5.92 Å². The summed E-state index contributed by atoms with van der Waals surface area (Å²) >= 11 is 5.90. The van der Waals surface area contributed by atoms with Crippen molar-refractivity contribution in [2.45, 2.75) is 55.1 Å². The molecule has 2 fully saturated rings. The second kappa shape index (κ2) is 9.51.